The van der Waals surface area contributed by atoms with E-state index in [1.165, 1.54) is 29.8 Å². The zero-order valence-electron chi connectivity index (χ0n) is 23.8. The van der Waals surface area contributed by atoms with Crippen molar-refractivity contribution in [2.75, 3.05) is 19.6 Å². The Morgan fingerprint density at radius 2 is 2.02 bits per heavy atom. The van der Waals surface area contributed by atoms with E-state index >= 15 is 0 Å². The first kappa shape index (κ1) is 31.6. The molecule has 4 rings (SSSR count). The van der Waals surface area contributed by atoms with Crippen LogP contribution in [0.3, 0.4) is 0 Å². The number of halogens is 3. The predicted octanol–water partition coefficient (Wildman–Crippen LogP) is 4.45. The van der Waals surface area contributed by atoms with Crippen molar-refractivity contribution in [2.45, 2.75) is 45.1 Å². The van der Waals surface area contributed by atoms with Crippen LogP contribution in [0.1, 0.15) is 46.9 Å². The van der Waals surface area contributed by atoms with Gasteiger partial charge in [-0.2, -0.15) is 5.10 Å². The number of benzene rings is 2. The highest BCUT2D eigenvalue weighted by Gasteiger charge is 2.40. The first-order valence-electron chi connectivity index (χ1n) is 13.8. The van der Waals surface area contributed by atoms with E-state index in [4.69, 9.17) is 11.6 Å². The van der Waals surface area contributed by atoms with E-state index in [2.05, 4.69) is 40.7 Å². The van der Waals surface area contributed by atoms with Crippen LogP contribution in [0.15, 0.2) is 49.6 Å². The van der Waals surface area contributed by atoms with E-state index < -0.39 is 29.8 Å². The molecule has 3 aromatic rings. The number of carbonyl (C=O) groups is 3. The SMILES string of the molecule is C=CCNCCC#Cc1ccc2c(c1)c(C(C)=O)nn2CC(=O)N1C[C@H](F)C[C@H]1C(=O)NCc1cc(C=C)cc(Cl)c1F. The second-order valence-electron chi connectivity index (χ2n) is 10.1. The van der Waals surface area contributed by atoms with Crippen molar-refractivity contribution < 1.29 is 23.2 Å². The van der Waals surface area contributed by atoms with Crippen molar-refractivity contribution >= 4 is 46.2 Å². The maximum atomic E-state index is 14.5. The Morgan fingerprint density at radius 1 is 1.23 bits per heavy atom. The van der Waals surface area contributed by atoms with Crippen LogP contribution in [-0.4, -0.2) is 64.1 Å². The summed E-state index contributed by atoms with van der Waals surface area (Å²) in [6, 6.07) is 7.07. The van der Waals surface area contributed by atoms with Gasteiger partial charge < -0.3 is 15.5 Å². The molecule has 224 valence electrons. The number of nitrogens with one attached hydrogen (secondary N) is 2. The summed E-state index contributed by atoms with van der Waals surface area (Å²) in [5, 5.41) is 10.6. The molecule has 2 amide bonds. The largest absolute Gasteiger partial charge is 0.350 e. The fraction of sp³-hybridized carbons (Fsp3) is 0.312. The van der Waals surface area contributed by atoms with Gasteiger partial charge >= 0.3 is 0 Å². The molecule has 1 aliphatic heterocycles. The summed E-state index contributed by atoms with van der Waals surface area (Å²) in [5.41, 5.74) is 2.11. The van der Waals surface area contributed by atoms with Gasteiger partial charge in [0, 0.05) is 55.9 Å². The lowest BCUT2D eigenvalue weighted by Gasteiger charge is -2.24. The van der Waals surface area contributed by atoms with Crippen LogP contribution < -0.4 is 10.6 Å². The summed E-state index contributed by atoms with van der Waals surface area (Å²) in [5.74, 6) is 4.02. The number of carbonyl (C=O) groups excluding carboxylic acids is 3. The highest BCUT2D eigenvalue weighted by atomic mass is 35.5. The average Bonchev–Trinajstić information content (AvgIpc) is 3.55. The summed E-state index contributed by atoms with van der Waals surface area (Å²) < 4.78 is 30.4. The van der Waals surface area contributed by atoms with Crippen molar-refractivity contribution in [2.24, 2.45) is 0 Å². The highest BCUT2D eigenvalue weighted by Crippen LogP contribution is 2.25. The molecule has 11 heteroatoms. The molecule has 0 spiro atoms. The normalized spacial score (nSPS) is 16.0. The molecule has 1 aliphatic rings. The molecule has 2 atom stereocenters. The maximum Gasteiger partial charge on any atom is 0.245 e. The Hall–Kier alpha value is -4.33. The minimum atomic E-state index is -1.41. The third-order valence-electron chi connectivity index (χ3n) is 7.00. The van der Waals surface area contributed by atoms with E-state index in [1.54, 1.807) is 24.3 Å². The molecule has 0 aliphatic carbocycles. The predicted molar refractivity (Wildman–Crippen MR) is 163 cm³/mol. The van der Waals surface area contributed by atoms with Crippen molar-refractivity contribution in [1.82, 2.24) is 25.3 Å². The van der Waals surface area contributed by atoms with Crippen molar-refractivity contribution in [1.29, 1.82) is 0 Å². The molecule has 43 heavy (non-hydrogen) atoms. The van der Waals surface area contributed by atoms with Gasteiger partial charge in [-0.1, -0.05) is 42.2 Å². The Labute approximate surface area is 253 Å². The van der Waals surface area contributed by atoms with E-state index in [-0.39, 0.29) is 48.1 Å². The van der Waals surface area contributed by atoms with E-state index in [9.17, 15) is 23.2 Å². The fourth-order valence-corrected chi connectivity index (χ4v) is 5.15. The van der Waals surface area contributed by atoms with Gasteiger partial charge in [-0.25, -0.2) is 8.78 Å². The molecule has 1 fully saturated rings. The summed E-state index contributed by atoms with van der Waals surface area (Å²) in [7, 11) is 0. The van der Waals surface area contributed by atoms with Crippen LogP contribution in [-0.2, 0) is 22.7 Å². The van der Waals surface area contributed by atoms with E-state index in [0.717, 1.165) is 4.90 Å². The van der Waals surface area contributed by atoms with Crippen LogP contribution in [0, 0.1) is 17.7 Å². The number of fused-ring (bicyclic) bond motifs is 1. The summed E-state index contributed by atoms with van der Waals surface area (Å²) >= 11 is 5.94. The third kappa shape index (κ3) is 7.55. The maximum absolute atomic E-state index is 14.5. The Morgan fingerprint density at radius 3 is 2.74 bits per heavy atom. The quantitative estimate of drug-likeness (QED) is 0.145. The molecule has 0 radical (unpaired) electrons. The monoisotopic (exact) mass is 607 g/mol. The van der Waals surface area contributed by atoms with Crippen LogP contribution in [0.2, 0.25) is 5.02 Å². The molecule has 1 aromatic heterocycles. The van der Waals surface area contributed by atoms with E-state index in [1.807, 2.05) is 0 Å². The molecule has 2 heterocycles. The minimum Gasteiger partial charge on any atom is -0.350 e. The second kappa shape index (κ2) is 14.2. The van der Waals surface area contributed by atoms with Crippen LogP contribution >= 0.6 is 11.6 Å². The van der Waals surface area contributed by atoms with Crippen molar-refractivity contribution in [3.63, 3.8) is 0 Å². The number of ketones is 1. The lowest BCUT2D eigenvalue weighted by Crippen LogP contribution is -2.46. The van der Waals surface area contributed by atoms with Crippen molar-refractivity contribution in [3.05, 3.63) is 82.8 Å². The molecule has 0 unspecified atom stereocenters. The van der Waals surface area contributed by atoms with Gasteiger partial charge in [-0.05, 0) is 35.9 Å². The van der Waals surface area contributed by atoms with Gasteiger partial charge in [-0.15, -0.1) is 6.58 Å². The first-order chi connectivity index (χ1) is 20.6. The highest BCUT2D eigenvalue weighted by molar-refractivity contribution is 6.31. The number of hydrogen-bond donors (Lipinski definition) is 2. The van der Waals surface area contributed by atoms with Crippen LogP contribution in [0.25, 0.3) is 17.0 Å². The van der Waals surface area contributed by atoms with Crippen LogP contribution in [0.4, 0.5) is 8.78 Å². The zero-order chi connectivity index (χ0) is 31.1. The number of alkyl halides is 1. The average molecular weight is 608 g/mol. The number of nitrogens with zero attached hydrogens (tertiary/aromatic N) is 3. The van der Waals surface area contributed by atoms with Gasteiger partial charge in [0.05, 0.1) is 17.1 Å². The lowest BCUT2D eigenvalue weighted by molar-refractivity contribution is -0.139. The number of rotatable bonds is 11. The van der Waals surface area contributed by atoms with Gasteiger partial charge in [0.15, 0.2) is 5.78 Å². The number of Topliss-reactive ketones (excluding diaryl/α,β-unsaturated/α-hetero) is 1. The van der Waals surface area contributed by atoms with Gasteiger partial charge in [0.25, 0.3) is 0 Å². The number of amides is 2. The molecule has 2 N–H and O–H groups in total. The third-order valence-corrected chi connectivity index (χ3v) is 7.28. The number of likely N-dealkylation sites (tertiary alicyclic amines) is 1. The number of hydrogen-bond acceptors (Lipinski definition) is 5. The molecule has 2 aromatic carbocycles. The fourth-order valence-electron chi connectivity index (χ4n) is 4.90. The van der Waals surface area contributed by atoms with Crippen LogP contribution in [0.5, 0.6) is 0 Å². The smallest absolute Gasteiger partial charge is 0.245 e. The molecule has 0 bridgehead atoms. The lowest BCUT2D eigenvalue weighted by atomic mass is 10.1. The summed E-state index contributed by atoms with van der Waals surface area (Å²) in [6.45, 7) is 9.29. The zero-order valence-corrected chi connectivity index (χ0v) is 24.5. The Balaban J connectivity index is 1.49. The Bertz CT molecular complexity index is 1640. The minimum absolute atomic E-state index is 0.116. The molecule has 1 saturated heterocycles. The second-order valence-corrected chi connectivity index (χ2v) is 10.5. The van der Waals surface area contributed by atoms with Crippen molar-refractivity contribution in [3.8, 4) is 11.8 Å². The standard InChI is InChI=1S/C32H32ClF2N5O3/c1-4-11-36-12-7-6-8-22-9-10-27-25(14-22)31(20(3)41)38-40(27)19-29(42)39-18-24(34)16-28(39)32(43)37-17-23-13-21(5-2)15-26(33)30(23)35/h4-5,9-10,13-15,24,28,36H,1-2,7,11-12,16-19H2,3H3,(H,37,43)/t24-,28+/m1/s1. The Kier molecular flexibility index (Phi) is 10.5. The van der Waals surface area contributed by atoms with E-state index in [0.29, 0.717) is 41.5 Å². The number of aromatic nitrogens is 2. The van der Waals surface area contributed by atoms with Gasteiger partial charge in [0.1, 0.15) is 30.3 Å². The van der Waals surface area contributed by atoms with Gasteiger partial charge in [0.2, 0.25) is 11.8 Å². The molecule has 0 saturated carbocycles. The molecule has 8 nitrogen and oxygen atoms in total. The molecular weight excluding hydrogens is 576 g/mol. The van der Waals surface area contributed by atoms with Gasteiger partial charge in [-0.3, -0.25) is 19.1 Å². The summed E-state index contributed by atoms with van der Waals surface area (Å²) in [6.07, 6.45) is 2.29. The summed E-state index contributed by atoms with van der Waals surface area (Å²) in [4.78, 5) is 40.0. The molecular formula is C32H32ClF2N5O3. The first-order valence-corrected chi connectivity index (χ1v) is 14.1. The topological polar surface area (TPSA) is 96.3 Å².